The summed E-state index contributed by atoms with van der Waals surface area (Å²) in [5.74, 6) is 0.277. The first kappa shape index (κ1) is 21.1. The van der Waals surface area contributed by atoms with Crippen LogP contribution in [0.15, 0.2) is 73.4 Å². The first-order chi connectivity index (χ1) is 11.1. The Labute approximate surface area is 142 Å². The van der Waals surface area contributed by atoms with Gasteiger partial charge in [0.05, 0.1) is 0 Å². The van der Waals surface area contributed by atoms with Gasteiger partial charge < -0.3 is 0 Å². The third kappa shape index (κ3) is 5.99. The molecule has 2 unspecified atom stereocenters. The van der Waals surface area contributed by atoms with Crippen LogP contribution in [0.1, 0.15) is 33.6 Å². The van der Waals surface area contributed by atoms with Crippen molar-refractivity contribution in [3.05, 3.63) is 73.4 Å². The predicted octanol–water partition coefficient (Wildman–Crippen LogP) is 5.03. The first-order valence-electron chi connectivity index (χ1n) is 8.23. The molecule has 0 aromatic carbocycles. The predicted molar refractivity (Wildman–Crippen MR) is 102 cm³/mol. The lowest BCUT2D eigenvalue weighted by atomic mass is 9.86. The van der Waals surface area contributed by atoms with E-state index in [1.165, 1.54) is 0 Å². The van der Waals surface area contributed by atoms with Gasteiger partial charge in [0.1, 0.15) is 5.78 Å². The van der Waals surface area contributed by atoms with Crippen LogP contribution in [0.5, 0.6) is 0 Å². The van der Waals surface area contributed by atoms with Crippen molar-refractivity contribution < 1.29 is 4.79 Å². The molecule has 0 bridgehead atoms. The molecule has 0 N–H and O–H groups in total. The highest BCUT2D eigenvalue weighted by Crippen LogP contribution is 2.29. The summed E-state index contributed by atoms with van der Waals surface area (Å²) < 4.78 is 0. The number of piperidine rings is 1. The van der Waals surface area contributed by atoms with Gasteiger partial charge in [-0.1, -0.05) is 76.1 Å². The molecule has 0 aromatic rings. The summed E-state index contributed by atoms with van der Waals surface area (Å²) in [4.78, 5) is 14.4. The maximum atomic E-state index is 12.2. The van der Waals surface area contributed by atoms with Crippen LogP contribution >= 0.6 is 0 Å². The molecule has 1 aliphatic rings. The molecule has 1 fully saturated rings. The second kappa shape index (κ2) is 11.6. The molecule has 1 aliphatic heterocycles. The zero-order valence-corrected chi connectivity index (χ0v) is 15.1. The summed E-state index contributed by atoms with van der Waals surface area (Å²) in [5, 5.41) is 0. The van der Waals surface area contributed by atoms with Crippen LogP contribution in [0.25, 0.3) is 0 Å². The lowest BCUT2D eigenvalue weighted by Gasteiger charge is -2.40. The quantitative estimate of drug-likeness (QED) is 0.641. The van der Waals surface area contributed by atoms with E-state index in [2.05, 4.69) is 31.7 Å². The fraction of sp³-hybridized carbons (Fsp3) is 0.381. The van der Waals surface area contributed by atoms with Gasteiger partial charge >= 0.3 is 0 Å². The van der Waals surface area contributed by atoms with E-state index in [9.17, 15) is 4.79 Å². The molecule has 2 atom stereocenters. The van der Waals surface area contributed by atoms with Crippen LogP contribution < -0.4 is 0 Å². The van der Waals surface area contributed by atoms with Crippen molar-refractivity contribution in [2.24, 2.45) is 0 Å². The number of Topliss-reactive ketones (excluding diaryl/α,β-unsaturated/α-hetero) is 1. The first-order valence-corrected chi connectivity index (χ1v) is 8.23. The van der Waals surface area contributed by atoms with Gasteiger partial charge in [-0.3, -0.25) is 9.69 Å². The molecule has 0 radical (unpaired) electrons. The minimum absolute atomic E-state index is 0.0465. The summed E-state index contributed by atoms with van der Waals surface area (Å²) >= 11 is 0. The normalized spacial score (nSPS) is 23.2. The van der Waals surface area contributed by atoms with Crippen LogP contribution in [-0.4, -0.2) is 29.8 Å². The summed E-state index contributed by atoms with van der Waals surface area (Å²) in [7, 11) is 2.06. The molecular formula is C21H31NO. The Morgan fingerprint density at radius 2 is 1.52 bits per heavy atom. The molecule has 0 saturated carbocycles. The number of carbonyl (C=O) groups excluding carboxylic acids is 1. The van der Waals surface area contributed by atoms with E-state index in [1.807, 2.05) is 51.2 Å². The zero-order valence-electron chi connectivity index (χ0n) is 15.1. The molecule has 1 heterocycles. The zero-order chi connectivity index (χ0) is 17.8. The van der Waals surface area contributed by atoms with Crippen molar-refractivity contribution in [3.8, 4) is 0 Å². The minimum Gasteiger partial charge on any atom is -0.300 e. The minimum atomic E-state index is 0.0465. The highest BCUT2D eigenvalue weighted by molar-refractivity contribution is 5.82. The largest absolute Gasteiger partial charge is 0.300 e. The Morgan fingerprint density at radius 3 is 1.96 bits per heavy atom. The summed E-state index contributed by atoms with van der Waals surface area (Å²) in [6.07, 6.45) is 14.3. The van der Waals surface area contributed by atoms with Crippen LogP contribution in [0, 0.1) is 0 Å². The van der Waals surface area contributed by atoms with Crippen LogP contribution in [0.2, 0.25) is 0 Å². The Kier molecular flexibility index (Phi) is 10.6. The molecular weight excluding hydrogens is 282 g/mol. The molecule has 2 nitrogen and oxygen atoms in total. The highest BCUT2D eigenvalue weighted by atomic mass is 16.1. The van der Waals surface area contributed by atoms with Crippen molar-refractivity contribution in [2.75, 3.05) is 7.05 Å². The lowest BCUT2D eigenvalue weighted by molar-refractivity contribution is -0.123. The van der Waals surface area contributed by atoms with Gasteiger partial charge in [0.2, 0.25) is 0 Å². The van der Waals surface area contributed by atoms with Gasteiger partial charge in [0, 0.05) is 24.9 Å². The number of hydrogen-bond donors (Lipinski definition) is 0. The third-order valence-corrected chi connectivity index (χ3v) is 3.81. The van der Waals surface area contributed by atoms with Gasteiger partial charge in [-0.05, 0) is 25.1 Å². The maximum Gasteiger partial charge on any atom is 0.136 e. The van der Waals surface area contributed by atoms with Crippen LogP contribution in [-0.2, 0) is 4.79 Å². The van der Waals surface area contributed by atoms with E-state index in [4.69, 9.17) is 0 Å². The second-order valence-corrected chi connectivity index (χ2v) is 5.15. The third-order valence-electron chi connectivity index (χ3n) is 3.81. The number of likely N-dealkylation sites (N-methyl/N-ethyl adjacent to an activating group) is 1. The topological polar surface area (TPSA) is 20.3 Å². The Morgan fingerprint density at radius 1 is 1.04 bits per heavy atom. The molecule has 23 heavy (non-hydrogen) atoms. The fourth-order valence-electron chi connectivity index (χ4n) is 2.78. The lowest BCUT2D eigenvalue weighted by Crippen LogP contribution is -2.48. The van der Waals surface area contributed by atoms with Crippen LogP contribution in [0.3, 0.4) is 0 Å². The summed E-state index contributed by atoms with van der Waals surface area (Å²) in [5.41, 5.74) is 2.14. The van der Waals surface area contributed by atoms with Crippen molar-refractivity contribution in [1.29, 1.82) is 0 Å². The van der Waals surface area contributed by atoms with Crippen LogP contribution in [0.4, 0.5) is 0 Å². The fourth-order valence-corrected chi connectivity index (χ4v) is 2.78. The van der Waals surface area contributed by atoms with Crippen molar-refractivity contribution in [2.45, 2.75) is 45.7 Å². The number of rotatable bonds is 6. The van der Waals surface area contributed by atoms with E-state index in [1.54, 1.807) is 12.2 Å². The summed E-state index contributed by atoms with van der Waals surface area (Å²) in [6.45, 7) is 17.3. The Hall–Kier alpha value is -1.93. The Balaban J connectivity index is 0.00000232. The number of allylic oxidation sites excluding steroid dienone is 5. The van der Waals surface area contributed by atoms with Crippen molar-refractivity contribution >= 4 is 5.78 Å². The van der Waals surface area contributed by atoms with Gasteiger partial charge in [0.15, 0.2) is 0 Å². The molecule has 1 saturated heterocycles. The van der Waals surface area contributed by atoms with E-state index in [0.717, 1.165) is 11.1 Å². The van der Waals surface area contributed by atoms with Crippen molar-refractivity contribution in [1.82, 2.24) is 4.90 Å². The number of carbonyl (C=O) groups is 1. The standard InChI is InChI=1S/C19H25NO.C2H6/c1-6-10-15(9-4)18-13-17(21)14-19(20(18)5)16(11-7-2)12-8-3;1-2/h6-12,18-19H,1-2,4,13-14H2,3,5H3;1-2H3/b12-8-,15-10+,16-11+;. The van der Waals surface area contributed by atoms with Gasteiger partial charge in [-0.2, -0.15) is 0 Å². The van der Waals surface area contributed by atoms with E-state index in [-0.39, 0.29) is 17.9 Å². The van der Waals surface area contributed by atoms with Gasteiger partial charge in [-0.15, -0.1) is 0 Å². The number of nitrogens with zero attached hydrogens (tertiary/aromatic N) is 1. The van der Waals surface area contributed by atoms with Gasteiger partial charge in [-0.25, -0.2) is 0 Å². The SMILES string of the molecule is C=C/C=C(\C=C)C1CC(=O)CC(C(/C=C\C)=C/C=C)N1C.CC. The summed E-state index contributed by atoms with van der Waals surface area (Å²) in [6, 6.07) is 0.115. The monoisotopic (exact) mass is 313 g/mol. The molecule has 0 aromatic heterocycles. The van der Waals surface area contributed by atoms with Crippen molar-refractivity contribution in [3.63, 3.8) is 0 Å². The molecule has 1 rings (SSSR count). The number of likely N-dealkylation sites (tertiary alicyclic amines) is 1. The Bertz CT molecular complexity index is 508. The number of ketones is 1. The molecule has 0 spiro atoms. The average molecular weight is 313 g/mol. The molecule has 0 aliphatic carbocycles. The van der Waals surface area contributed by atoms with E-state index < -0.39 is 0 Å². The molecule has 0 amide bonds. The van der Waals surface area contributed by atoms with E-state index >= 15 is 0 Å². The van der Waals surface area contributed by atoms with Gasteiger partial charge in [0.25, 0.3) is 0 Å². The maximum absolute atomic E-state index is 12.2. The average Bonchev–Trinajstić information content (AvgIpc) is 2.56. The molecule has 126 valence electrons. The molecule has 2 heteroatoms. The smallest absolute Gasteiger partial charge is 0.136 e. The highest BCUT2D eigenvalue weighted by Gasteiger charge is 2.34. The van der Waals surface area contributed by atoms with E-state index in [0.29, 0.717) is 12.8 Å². The second-order valence-electron chi connectivity index (χ2n) is 5.15. The number of hydrogen-bond acceptors (Lipinski definition) is 2.